The van der Waals surface area contributed by atoms with Crippen molar-refractivity contribution in [2.45, 2.75) is 0 Å². The van der Waals surface area contributed by atoms with Gasteiger partial charge in [-0.25, -0.2) is 0 Å². The number of nitrogens with one attached hydrogen (secondary N) is 1. The Balaban J connectivity index is 3.60. The maximum absolute atomic E-state index is 9.52. The van der Waals surface area contributed by atoms with Crippen molar-refractivity contribution in [3.8, 4) is 0 Å². The lowest BCUT2D eigenvalue weighted by Gasteiger charge is -1.89. The van der Waals surface area contributed by atoms with Gasteiger partial charge >= 0.3 is 10.3 Å². The maximum Gasteiger partial charge on any atom is 0.335 e. The second-order valence-corrected chi connectivity index (χ2v) is 2.02. The Bertz CT molecular complexity index is 125. The molecule has 0 atom stereocenters. The average molecular weight is 127 g/mol. The van der Waals surface area contributed by atoms with Crippen molar-refractivity contribution in [2.24, 2.45) is 0 Å². The number of rotatable bonds is 2. The smallest absolute Gasteiger partial charge is 0.335 e. The molecule has 0 aromatic heterocycles. The van der Waals surface area contributed by atoms with Gasteiger partial charge in [-0.2, -0.15) is 13.1 Å². The molecule has 0 aliphatic heterocycles. The second-order valence-electron chi connectivity index (χ2n) is 0.778. The molecular formula is CH5NO4S. The van der Waals surface area contributed by atoms with E-state index in [0.29, 0.717) is 0 Å². The molecular weight excluding hydrogens is 122 g/mol. The molecule has 0 aliphatic carbocycles. The Morgan fingerprint density at radius 3 is 2.00 bits per heavy atom. The first-order chi connectivity index (χ1) is 3.06. The number of aliphatic hydroxyl groups is 1. The summed E-state index contributed by atoms with van der Waals surface area (Å²) in [7, 11) is -4.17. The third-order valence-corrected chi connectivity index (χ3v) is 0.741. The van der Waals surface area contributed by atoms with Gasteiger partial charge in [0, 0.05) is 0 Å². The largest absolute Gasteiger partial charge is 0.380 e. The predicted molar refractivity (Wildman–Crippen MR) is 21.8 cm³/mol. The molecule has 0 saturated carbocycles. The second kappa shape index (κ2) is 2.22. The molecule has 0 radical (unpaired) electrons. The first kappa shape index (κ1) is 6.83. The fourth-order valence-electron chi connectivity index (χ4n) is 0.0816. The lowest BCUT2D eigenvalue weighted by atomic mass is 11.4. The van der Waals surface area contributed by atoms with Crippen LogP contribution in [0.1, 0.15) is 0 Å². The molecule has 0 amide bonds. The maximum atomic E-state index is 9.52. The summed E-state index contributed by atoms with van der Waals surface area (Å²) >= 11 is 0. The Morgan fingerprint density at radius 1 is 1.57 bits per heavy atom. The molecule has 6 heteroatoms. The van der Waals surface area contributed by atoms with E-state index < -0.39 is 17.0 Å². The molecule has 3 N–H and O–H groups in total. The van der Waals surface area contributed by atoms with E-state index in [2.05, 4.69) is 0 Å². The summed E-state index contributed by atoms with van der Waals surface area (Å²) in [5, 5.41) is 7.75. The van der Waals surface area contributed by atoms with E-state index in [1.54, 1.807) is 0 Å². The van der Waals surface area contributed by atoms with E-state index >= 15 is 0 Å². The van der Waals surface area contributed by atoms with Gasteiger partial charge in [-0.15, -0.1) is 0 Å². The lowest BCUT2D eigenvalue weighted by Crippen LogP contribution is -2.22. The van der Waals surface area contributed by atoms with Crippen LogP contribution in [0.3, 0.4) is 0 Å². The molecule has 44 valence electrons. The van der Waals surface area contributed by atoms with E-state index in [1.807, 2.05) is 0 Å². The predicted octanol–water partition coefficient (Wildman–Crippen LogP) is -1.67. The van der Waals surface area contributed by atoms with Crippen molar-refractivity contribution in [2.75, 3.05) is 6.73 Å². The van der Waals surface area contributed by atoms with Crippen molar-refractivity contribution in [1.29, 1.82) is 0 Å². The highest BCUT2D eigenvalue weighted by Crippen LogP contribution is 1.65. The van der Waals surface area contributed by atoms with Crippen LogP contribution in [-0.4, -0.2) is 24.8 Å². The Labute approximate surface area is 40.8 Å². The lowest BCUT2D eigenvalue weighted by molar-refractivity contribution is 0.282. The number of hydrogen-bond acceptors (Lipinski definition) is 3. The molecule has 0 saturated heterocycles. The van der Waals surface area contributed by atoms with Gasteiger partial charge in [0.25, 0.3) is 0 Å². The number of aliphatic hydroxyl groups excluding tert-OH is 1. The molecule has 0 bridgehead atoms. The zero-order valence-corrected chi connectivity index (χ0v) is 4.14. The highest BCUT2D eigenvalue weighted by Gasteiger charge is 1.96. The Morgan fingerprint density at radius 2 is 2.00 bits per heavy atom. The average Bonchev–Trinajstić information content (AvgIpc) is 1.30. The quantitative estimate of drug-likeness (QED) is 0.305. The van der Waals surface area contributed by atoms with Gasteiger partial charge in [-0.05, 0) is 0 Å². The first-order valence-corrected chi connectivity index (χ1v) is 2.83. The minimum atomic E-state index is -4.17. The van der Waals surface area contributed by atoms with Gasteiger partial charge in [0.1, 0.15) is 6.73 Å². The summed E-state index contributed by atoms with van der Waals surface area (Å²) in [5.74, 6) is 0. The zero-order chi connectivity index (χ0) is 5.91. The molecule has 0 rings (SSSR count). The summed E-state index contributed by atoms with van der Waals surface area (Å²) < 4.78 is 28.1. The molecule has 0 spiro atoms. The van der Waals surface area contributed by atoms with Gasteiger partial charge in [0.05, 0.1) is 0 Å². The molecule has 5 nitrogen and oxygen atoms in total. The van der Waals surface area contributed by atoms with E-state index in [4.69, 9.17) is 9.66 Å². The van der Waals surface area contributed by atoms with Gasteiger partial charge in [-0.1, -0.05) is 0 Å². The highest BCUT2D eigenvalue weighted by atomic mass is 32.2. The molecule has 0 aliphatic rings. The standard InChI is InChI=1S/CH5NO4S/c3-1-2-7(4,5)6/h2-3H,1H2,(H,4,5,6). The first-order valence-electron chi connectivity index (χ1n) is 1.39. The van der Waals surface area contributed by atoms with Gasteiger partial charge in [0.15, 0.2) is 0 Å². The summed E-state index contributed by atoms with van der Waals surface area (Å²) in [6.07, 6.45) is 0. The Kier molecular flexibility index (Phi) is 2.16. The van der Waals surface area contributed by atoms with Crippen molar-refractivity contribution in [3.05, 3.63) is 0 Å². The minimum Gasteiger partial charge on any atom is -0.380 e. The van der Waals surface area contributed by atoms with Crippen molar-refractivity contribution in [3.63, 3.8) is 0 Å². The van der Waals surface area contributed by atoms with Crippen LogP contribution in [0, 0.1) is 0 Å². The van der Waals surface area contributed by atoms with Crippen LogP contribution in [-0.2, 0) is 10.3 Å². The molecule has 0 aromatic carbocycles. The van der Waals surface area contributed by atoms with Crippen LogP contribution < -0.4 is 4.72 Å². The molecule has 0 heterocycles. The summed E-state index contributed by atoms with van der Waals surface area (Å²) in [6.45, 7) is -0.779. The van der Waals surface area contributed by atoms with Crippen LogP contribution in [0.2, 0.25) is 0 Å². The minimum absolute atomic E-state index is 0.779. The molecule has 7 heavy (non-hydrogen) atoms. The normalized spacial score (nSPS) is 11.7. The SMILES string of the molecule is O=S(=O)(O)NCO. The van der Waals surface area contributed by atoms with Crippen molar-refractivity contribution >= 4 is 10.3 Å². The fraction of sp³-hybridized carbons (Fsp3) is 1.00. The van der Waals surface area contributed by atoms with Gasteiger partial charge in [0.2, 0.25) is 0 Å². The number of hydrogen-bond donors (Lipinski definition) is 3. The third kappa shape index (κ3) is 5.83. The van der Waals surface area contributed by atoms with Crippen LogP contribution in [0.25, 0.3) is 0 Å². The van der Waals surface area contributed by atoms with Crippen molar-refractivity contribution in [1.82, 2.24) is 4.72 Å². The molecule has 0 aromatic rings. The van der Waals surface area contributed by atoms with E-state index in [0.717, 1.165) is 0 Å². The summed E-state index contributed by atoms with van der Waals surface area (Å²) in [5.41, 5.74) is 0. The van der Waals surface area contributed by atoms with Crippen LogP contribution in [0.15, 0.2) is 0 Å². The summed E-state index contributed by atoms with van der Waals surface area (Å²) in [6, 6.07) is 0. The van der Waals surface area contributed by atoms with E-state index in [1.165, 1.54) is 4.72 Å². The van der Waals surface area contributed by atoms with Crippen LogP contribution in [0.5, 0.6) is 0 Å². The van der Waals surface area contributed by atoms with Crippen LogP contribution >= 0.6 is 0 Å². The third-order valence-electron chi connectivity index (χ3n) is 0.247. The van der Waals surface area contributed by atoms with Gasteiger partial charge < -0.3 is 5.11 Å². The topological polar surface area (TPSA) is 86.6 Å². The monoisotopic (exact) mass is 127 g/mol. The zero-order valence-electron chi connectivity index (χ0n) is 3.33. The fourth-order valence-corrected chi connectivity index (χ4v) is 0.245. The molecule has 0 unspecified atom stereocenters. The van der Waals surface area contributed by atoms with E-state index in [9.17, 15) is 8.42 Å². The van der Waals surface area contributed by atoms with Crippen molar-refractivity contribution < 1.29 is 18.1 Å². The van der Waals surface area contributed by atoms with Crippen LogP contribution in [0.4, 0.5) is 0 Å². The Hall–Kier alpha value is -0.170. The molecule has 0 fully saturated rings. The highest BCUT2D eigenvalue weighted by molar-refractivity contribution is 7.83. The summed E-state index contributed by atoms with van der Waals surface area (Å²) in [4.78, 5) is 0. The van der Waals surface area contributed by atoms with Gasteiger partial charge in [-0.3, -0.25) is 4.55 Å². The van der Waals surface area contributed by atoms with E-state index in [-0.39, 0.29) is 0 Å².